The maximum Gasteiger partial charge on any atom is 0.262 e. The molecule has 0 amide bonds. The predicted octanol–water partition coefficient (Wildman–Crippen LogP) is 2.00. The number of hydrogen-bond donors (Lipinski definition) is 0. The van der Waals surface area contributed by atoms with Gasteiger partial charge in [-0.3, -0.25) is 0 Å². The highest BCUT2D eigenvalue weighted by Gasteiger charge is 2.32. The van der Waals surface area contributed by atoms with Crippen LogP contribution in [0.2, 0.25) is 0 Å². The van der Waals surface area contributed by atoms with E-state index in [9.17, 15) is 13.6 Å². The summed E-state index contributed by atoms with van der Waals surface area (Å²) in [5.41, 5.74) is -0.689. The first-order valence-corrected chi connectivity index (χ1v) is 3.24. The van der Waals surface area contributed by atoms with Crippen LogP contribution in [0.1, 0.15) is 20.8 Å². The standard InChI is InChI=1S/C7H11F2NO/c1-7(2,3)5(6(8)9)10-4-11/h5-6H,1-3H3. The maximum atomic E-state index is 12.1. The molecule has 2 nitrogen and oxygen atoms in total. The van der Waals surface area contributed by atoms with Crippen LogP contribution in [0.25, 0.3) is 0 Å². The number of halogens is 2. The van der Waals surface area contributed by atoms with Crippen LogP contribution in [0.5, 0.6) is 0 Å². The molecule has 0 aliphatic rings. The van der Waals surface area contributed by atoms with E-state index in [0.29, 0.717) is 0 Å². The van der Waals surface area contributed by atoms with Crippen molar-refractivity contribution in [1.29, 1.82) is 0 Å². The summed E-state index contributed by atoms with van der Waals surface area (Å²) < 4.78 is 24.2. The Morgan fingerprint density at radius 3 is 1.91 bits per heavy atom. The summed E-state index contributed by atoms with van der Waals surface area (Å²) in [5.74, 6) is 0. The van der Waals surface area contributed by atoms with E-state index in [1.54, 1.807) is 20.8 Å². The third-order valence-corrected chi connectivity index (χ3v) is 1.32. The summed E-state index contributed by atoms with van der Waals surface area (Å²) in [6.07, 6.45) is -1.45. The summed E-state index contributed by atoms with van der Waals surface area (Å²) >= 11 is 0. The Morgan fingerprint density at radius 1 is 1.36 bits per heavy atom. The van der Waals surface area contributed by atoms with E-state index in [4.69, 9.17) is 0 Å². The number of aliphatic imine (C=N–C) groups is 1. The van der Waals surface area contributed by atoms with Crippen molar-refractivity contribution in [2.75, 3.05) is 0 Å². The van der Waals surface area contributed by atoms with Crippen LogP contribution in [0, 0.1) is 5.41 Å². The summed E-state index contributed by atoms with van der Waals surface area (Å²) in [6, 6.07) is -1.25. The molecule has 0 radical (unpaired) electrons. The summed E-state index contributed by atoms with van der Waals surface area (Å²) in [5, 5.41) is 0. The number of isocyanates is 1. The first kappa shape index (κ1) is 10.2. The Hall–Kier alpha value is -0.760. The van der Waals surface area contributed by atoms with Crippen molar-refractivity contribution in [3.8, 4) is 0 Å². The van der Waals surface area contributed by atoms with Gasteiger partial charge in [0.25, 0.3) is 6.43 Å². The fraction of sp³-hybridized carbons (Fsp3) is 0.857. The van der Waals surface area contributed by atoms with Gasteiger partial charge < -0.3 is 0 Å². The van der Waals surface area contributed by atoms with Gasteiger partial charge >= 0.3 is 0 Å². The maximum absolute atomic E-state index is 12.1. The van der Waals surface area contributed by atoms with E-state index in [-0.39, 0.29) is 0 Å². The monoisotopic (exact) mass is 163 g/mol. The zero-order valence-corrected chi connectivity index (χ0v) is 6.77. The summed E-state index contributed by atoms with van der Waals surface area (Å²) in [4.78, 5) is 12.8. The summed E-state index contributed by atoms with van der Waals surface area (Å²) in [7, 11) is 0. The SMILES string of the molecule is CC(C)(C)C(N=C=O)C(F)F. The van der Waals surface area contributed by atoms with Gasteiger partial charge in [0.15, 0.2) is 0 Å². The van der Waals surface area contributed by atoms with Gasteiger partial charge in [-0.25, -0.2) is 13.6 Å². The van der Waals surface area contributed by atoms with Gasteiger partial charge in [-0.15, -0.1) is 0 Å². The van der Waals surface area contributed by atoms with E-state index in [1.165, 1.54) is 0 Å². The number of hydrogen-bond acceptors (Lipinski definition) is 2. The van der Waals surface area contributed by atoms with Crippen LogP contribution in [-0.4, -0.2) is 18.5 Å². The molecule has 0 rings (SSSR count). The summed E-state index contributed by atoms with van der Waals surface area (Å²) in [6.45, 7) is 4.81. The van der Waals surface area contributed by atoms with Crippen LogP contribution in [0.15, 0.2) is 4.99 Å². The lowest BCUT2D eigenvalue weighted by Gasteiger charge is -2.24. The number of rotatable bonds is 2. The number of alkyl halides is 2. The van der Waals surface area contributed by atoms with Crippen LogP contribution in [-0.2, 0) is 4.79 Å². The van der Waals surface area contributed by atoms with E-state index in [2.05, 4.69) is 4.99 Å². The average Bonchev–Trinajstić information content (AvgIpc) is 1.79. The molecule has 1 atom stereocenters. The van der Waals surface area contributed by atoms with Crippen LogP contribution < -0.4 is 0 Å². The molecule has 4 heteroatoms. The minimum atomic E-state index is -2.60. The van der Waals surface area contributed by atoms with Crippen molar-refractivity contribution in [2.24, 2.45) is 10.4 Å². The van der Waals surface area contributed by atoms with Crippen molar-refractivity contribution in [2.45, 2.75) is 33.2 Å². The molecule has 11 heavy (non-hydrogen) atoms. The zero-order valence-electron chi connectivity index (χ0n) is 6.77. The molecule has 0 heterocycles. The third kappa shape index (κ3) is 3.23. The van der Waals surface area contributed by atoms with Crippen molar-refractivity contribution in [1.82, 2.24) is 0 Å². The second kappa shape index (κ2) is 3.58. The molecule has 0 aromatic carbocycles. The molecule has 0 fully saturated rings. The van der Waals surface area contributed by atoms with E-state index in [1.807, 2.05) is 0 Å². The molecule has 0 aliphatic heterocycles. The minimum Gasteiger partial charge on any atom is -0.211 e. The molecular weight excluding hydrogens is 152 g/mol. The fourth-order valence-corrected chi connectivity index (χ4v) is 0.685. The van der Waals surface area contributed by atoms with E-state index < -0.39 is 17.9 Å². The lowest BCUT2D eigenvalue weighted by molar-refractivity contribution is 0.0671. The second-order valence-corrected chi connectivity index (χ2v) is 3.37. The Morgan fingerprint density at radius 2 is 1.82 bits per heavy atom. The molecule has 0 aliphatic carbocycles. The fourth-order valence-electron chi connectivity index (χ4n) is 0.685. The molecular formula is C7H11F2NO. The predicted molar refractivity (Wildman–Crippen MR) is 37.4 cm³/mol. The van der Waals surface area contributed by atoms with Gasteiger partial charge in [-0.2, -0.15) is 4.99 Å². The highest BCUT2D eigenvalue weighted by Crippen LogP contribution is 2.26. The van der Waals surface area contributed by atoms with Crippen molar-refractivity contribution in [3.63, 3.8) is 0 Å². The van der Waals surface area contributed by atoms with Gasteiger partial charge in [0.2, 0.25) is 6.08 Å². The van der Waals surface area contributed by atoms with Gasteiger partial charge in [0.05, 0.1) is 0 Å². The zero-order chi connectivity index (χ0) is 9.07. The lowest BCUT2D eigenvalue weighted by Crippen LogP contribution is -2.31. The highest BCUT2D eigenvalue weighted by atomic mass is 19.3. The highest BCUT2D eigenvalue weighted by molar-refractivity contribution is 5.34. The van der Waals surface area contributed by atoms with Crippen LogP contribution >= 0.6 is 0 Å². The smallest absolute Gasteiger partial charge is 0.211 e. The lowest BCUT2D eigenvalue weighted by atomic mass is 9.87. The molecule has 64 valence electrons. The third-order valence-electron chi connectivity index (χ3n) is 1.32. The van der Waals surface area contributed by atoms with Gasteiger partial charge in [0.1, 0.15) is 6.04 Å². The Balaban J connectivity index is 4.47. The number of nitrogens with zero attached hydrogens (tertiary/aromatic N) is 1. The molecule has 0 aromatic rings. The van der Waals surface area contributed by atoms with Crippen LogP contribution in [0.4, 0.5) is 8.78 Å². The molecule has 0 saturated carbocycles. The molecule has 0 bridgehead atoms. The second-order valence-electron chi connectivity index (χ2n) is 3.37. The minimum absolute atomic E-state index is 0.689. The van der Waals surface area contributed by atoms with Crippen LogP contribution in [0.3, 0.4) is 0 Å². The largest absolute Gasteiger partial charge is 0.262 e. The van der Waals surface area contributed by atoms with E-state index >= 15 is 0 Å². The molecule has 1 unspecified atom stereocenters. The Kier molecular flexibility index (Phi) is 3.33. The van der Waals surface area contributed by atoms with Gasteiger partial charge in [0, 0.05) is 0 Å². The first-order valence-electron chi connectivity index (χ1n) is 3.24. The average molecular weight is 163 g/mol. The normalized spacial score (nSPS) is 14.4. The topological polar surface area (TPSA) is 29.4 Å². The van der Waals surface area contributed by atoms with E-state index in [0.717, 1.165) is 6.08 Å². The van der Waals surface area contributed by atoms with Crippen molar-refractivity contribution >= 4 is 6.08 Å². The quantitative estimate of drug-likeness (QED) is 0.452. The van der Waals surface area contributed by atoms with Crippen molar-refractivity contribution < 1.29 is 13.6 Å². The Bertz CT molecular complexity index is 168. The Labute approximate surface area is 64.3 Å². The molecule has 0 spiro atoms. The van der Waals surface area contributed by atoms with Gasteiger partial charge in [-0.1, -0.05) is 20.8 Å². The molecule has 0 saturated heterocycles. The van der Waals surface area contributed by atoms with Crippen molar-refractivity contribution in [3.05, 3.63) is 0 Å². The molecule has 0 N–H and O–H groups in total. The van der Waals surface area contributed by atoms with Gasteiger partial charge in [-0.05, 0) is 5.41 Å². The number of carbonyl (C=O) groups excluding carboxylic acids is 1. The molecule has 0 aromatic heterocycles. The first-order chi connectivity index (χ1) is 4.89.